The number of nitrogens with zero attached hydrogens (tertiary/aromatic N) is 2. The number of benzene rings is 1. The molecule has 4 nitrogen and oxygen atoms in total. The SMILES string of the molecule is Cl.Cl.N#Cc1ccc(OC[C@H]2CC[C@H](N3CCNCC3)CC2)cc1. The highest BCUT2D eigenvalue weighted by atomic mass is 35.5. The summed E-state index contributed by atoms with van der Waals surface area (Å²) in [5.74, 6) is 1.55. The van der Waals surface area contributed by atoms with E-state index in [1.165, 1.54) is 38.8 Å². The van der Waals surface area contributed by atoms with Crippen molar-refractivity contribution in [2.24, 2.45) is 5.92 Å². The van der Waals surface area contributed by atoms with Crippen LogP contribution in [0.2, 0.25) is 0 Å². The zero-order valence-corrected chi connectivity index (χ0v) is 15.6. The molecule has 24 heavy (non-hydrogen) atoms. The van der Waals surface area contributed by atoms with E-state index in [9.17, 15) is 0 Å². The van der Waals surface area contributed by atoms with E-state index in [4.69, 9.17) is 10.00 Å². The zero-order chi connectivity index (χ0) is 15.2. The lowest BCUT2D eigenvalue weighted by molar-refractivity contribution is 0.106. The van der Waals surface area contributed by atoms with Crippen LogP contribution < -0.4 is 10.1 Å². The Hall–Kier alpha value is -0.990. The lowest BCUT2D eigenvalue weighted by atomic mass is 9.85. The molecule has 0 aromatic heterocycles. The van der Waals surface area contributed by atoms with Gasteiger partial charge in [-0.3, -0.25) is 4.90 Å². The lowest BCUT2D eigenvalue weighted by Crippen LogP contribution is -2.49. The van der Waals surface area contributed by atoms with E-state index in [-0.39, 0.29) is 24.8 Å². The Labute approximate surface area is 157 Å². The van der Waals surface area contributed by atoms with Crippen LogP contribution in [0.4, 0.5) is 0 Å². The molecule has 6 heteroatoms. The minimum absolute atomic E-state index is 0. The first-order valence-electron chi connectivity index (χ1n) is 8.43. The van der Waals surface area contributed by atoms with Gasteiger partial charge in [-0.2, -0.15) is 5.26 Å². The van der Waals surface area contributed by atoms with Crippen molar-refractivity contribution in [1.29, 1.82) is 5.26 Å². The van der Waals surface area contributed by atoms with Gasteiger partial charge in [0.2, 0.25) is 0 Å². The van der Waals surface area contributed by atoms with Gasteiger partial charge in [0, 0.05) is 32.2 Å². The monoisotopic (exact) mass is 371 g/mol. The summed E-state index contributed by atoms with van der Waals surface area (Å²) in [5, 5.41) is 12.2. The number of hydrogen-bond donors (Lipinski definition) is 1. The van der Waals surface area contributed by atoms with Gasteiger partial charge in [0.1, 0.15) is 5.75 Å². The topological polar surface area (TPSA) is 48.3 Å². The molecule has 1 saturated heterocycles. The third-order valence-corrected chi connectivity index (χ3v) is 4.95. The Bertz CT molecular complexity index is 504. The number of halogens is 2. The maximum atomic E-state index is 8.80. The molecule has 1 aromatic rings. The van der Waals surface area contributed by atoms with Crippen molar-refractivity contribution in [2.45, 2.75) is 31.7 Å². The van der Waals surface area contributed by atoms with Crippen LogP contribution in [0.25, 0.3) is 0 Å². The molecule has 0 amide bonds. The number of nitriles is 1. The van der Waals surface area contributed by atoms with Crippen molar-refractivity contribution >= 4 is 24.8 Å². The third kappa shape index (κ3) is 5.82. The van der Waals surface area contributed by atoms with E-state index in [1.807, 2.05) is 24.3 Å². The van der Waals surface area contributed by atoms with Gasteiger partial charge < -0.3 is 10.1 Å². The van der Waals surface area contributed by atoms with Crippen LogP contribution in [0.15, 0.2) is 24.3 Å². The lowest BCUT2D eigenvalue weighted by Gasteiger charge is -2.39. The van der Waals surface area contributed by atoms with Crippen molar-refractivity contribution in [3.63, 3.8) is 0 Å². The fourth-order valence-electron chi connectivity index (χ4n) is 3.56. The molecular formula is C18H27Cl2N3O. The Morgan fingerprint density at radius 1 is 1.04 bits per heavy atom. The second-order valence-corrected chi connectivity index (χ2v) is 6.41. The van der Waals surface area contributed by atoms with Crippen molar-refractivity contribution in [1.82, 2.24) is 10.2 Å². The minimum atomic E-state index is 0. The smallest absolute Gasteiger partial charge is 0.119 e. The van der Waals surface area contributed by atoms with E-state index >= 15 is 0 Å². The number of nitrogens with one attached hydrogen (secondary N) is 1. The van der Waals surface area contributed by atoms with E-state index in [2.05, 4.69) is 16.3 Å². The highest BCUT2D eigenvalue weighted by Gasteiger charge is 2.26. The molecule has 1 aliphatic heterocycles. The standard InChI is InChI=1S/C18H25N3O.2ClH/c19-13-15-3-7-18(8-4-15)22-14-16-1-5-17(6-2-16)21-11-9-20-10-12-21;;/h3-4,7-8,16-17,20H,1-2,5-6,9-12,14H2;2*1H/t16-,17-;;. The molecule has 134 valence electrons. The van der Waals surface area contributed by atoms with E-state index < -0.39 is 0 Å². The summed E-state index contributed by atoms with van der Waals surface area (Å²) in [6.45, 7) is 5.50. The highest BCUT2D eigenvalue weighted by Crippen LogP contribution is 2.28. The zero-order valence-electron chi connectivity index (χ0n) is 13.9. The van der Waals surface area contributed by atoms with Gasteiger partial charge in [-0.05, 0) is 55.9 Å². The van der Waals surface area contributed by atoms with Crippen LogP contribution in [0, 0.1) is 17.2 Å². The number of piperazine rings is 1. The van der Waals surface area contributed by atoms with Gasteiger partial charge in [0.15, 0.2) is 0 Å². The predicted octanol–water partition coefficient (Wildman–Crippen LogP) is 3.24. The molecule has 0 spiro atoms. The molecule has 0 unspecified atom stereocenters. The van der Waals surface area contributed by atoms with Crippen LogP contribution in [0.3, 0.4) is 0 Å². The molecule has 3 rings (SSSR count). The fourth-order valence-corrected chi connectivity index (χ4v) is 3.56. The summed E-state index contributed by atoms with van der Waals surface area (Å²) in [6.07, 6.45) is 5.15. The molecule has 0 radical (unpaired) electrons. The number of rotatable bonds is 4. The summed E-state index contributed by atoms with van der Waals surface area (Å²) in [4.78, 5) is 2.66. The van der Waals surface area contributed by atoms with E-state index in [0.29, 0.717) is 11.5 Å². The minimum Gasteiger partial charge on any atom is -0.493 e. The third-order valence-electron chi connectivity index (χ3n) is 4.95. The average molecular weight is 372 g/mol. The molecular weight excluding hydrogens is 345 g/mol. The maximum Gasteiger partial charge on any atom is 0.119 e. The Kier molecular flexibility index (Phi) is 9.46. The van der Waals surface area contributed by atoms with Gasteiger partial charge in [-0.1, -0.05) is 0 Å². The summed E-state index contributed by atoms with van der Waals surface area (Å²) in [7, 11) is 0. The summed E-state index contributed by atoms with van der Waals surface area (Å²) in [5.41, 5.74) is 0.684. The van der Waals surface area contributed by atoms with Gasteiger partial charge in [0.05, 0.1) is 18.2 Å². The quantitative estimate of drug-likeness (QED) is 0.882. The van der Waals surface area contributed by atoms with Gasteiger partial charge >= 0.3 is 0 Å². The first-order valence-corrected chi connectivity index (χ1v) is 8.43. The van der Waals surface area contributed by atoms with Gasteiger partial charge in [-0.25, -0.2) is 0 Å². The van der Waals surface area contributed by atoms with Gasteiger partial charge in [-0.15, -0.1) is 24.8 Å². The largest absolute Gasteiger partial charge is 0.493 e. The molecule has 1 aliphatic carbocycles. The molecule has 1 aromatic carbocycles. The molecule has 1 saturated carbocycles. The Morgan fingerprint density at radius 2 is 1.67 bits per heavy atom. The fraction of sp³-hybridized carbons (Fsp3) is 0.611. The van der Waals surface area contributed by atoms with Crippen LogP contribution in [0.5, 0.6) is 5.75 Å². The normalized spacial score (nSPS) is 24.1. The van der Waals surface area contributed by atoms with Crippen LogP contribution in [-0.2, 0) is 0 Å². The van der Waals surface area contributed by atoms with Crippen LogP contribution in [0.1, 0.15) is 31.2 Å². The van der Waals surface area contributed by atoms with E-state index in [0.717, 1.165) is 31.5 Å². The summed E-state index contributed by atoms with van der Waals surface area (Å²) >= 11 is 0. The van der Waals surface area contributed by atoms with Crippen molar-refractivity contribution < 1.29 is 4.74 Å². The summed E-state index contributed by atoms with van der Waals surface area (Å²) in [6, 6.07) is 10.3. The van der Waals surface area contributed by atoms with Crippen molar-refractivity contribution in [3.8, 4) is 11.8 Å². The second-order valence-electron chi connectivity index (χ2n) is 6.41. The maximum absolute atomic E-state index is 8.80. The number of ether oxygens (including phenoxy) is 1. The van der Waals surface area contributed by atoms with Gasteiger partial charge in [0.25, 0.3) is 0 Å². The van der Waals surface area contributed by atoms with Crippen molar-refractivity contribution in [3.05, 3.63) is 29.8 Å². The second kappa shape index (κ2) is 10.8. The Morgan fingerprint density at radius 3 is 2.25 bits per heavy atom. The average Bonchev–Trinajstić information content (AvgIpc) is 2.61. The molecule has 1 heterocycles. The molecule has 2 fully saturated rings. The van der Waals surface area contributed by atoms with Crippen LogP contribution >= 0.6 is 24.8 Å². The number of hydrogen-bond acceptors (Lipinski definition) is 4. The molecule has 0 atom stereocenters. The van der Waals surface area contributed by atoms with Crippen LogP contribution in [-0.4, -0.2) is 43.7 Å². The first-order chi connectivity index (χ1) is 10.8. The molecule has 2 aliphatic rings. The Balaban J connectivity index is 0.00000144. The highest BCUT2D eigenvalue weighted by molar-refractivity contribution is 5.85. The van der Waals surface area contributed by atoms with E-state index in [1.54, 1.807) is 0 Å². The molecule has 0 bridgehead atoms. The predicted molar refractivity (Wildman–Crippen MR) is 101 cm³/mol. The first kappa shape index (κ1) is 21.1. The molecule has 1 N–H and O–H groups in total. The summed E-state index contributed by atoms with van der Waals surface area (Å²) < 4.78 is 5.89. The van der Waals surface area contributed by atoms with Crippen molar-refractivity contribution in [2.75, 3.05) is 32.8 Å².